The van der Waals surface area contributed by atoms with E-state index in [1.807, 2.05) is 4.90 Å². The summed E-state index contributed by atoms with van der Waals surface area (Å²) in [5.41, 5.74) is 0. The maximum Gasteiger partial charge on any atom is 0.236 e. The molecule has 0 atom stereocenters. The van der Waals surface area contributed by atoms with Gasteiger partial charge in [-0.05, 0) is 12.5 Å². The standard InChI is InChI=1S/C17H24N4O2S/c1-2-3-4-5-6-7-8-16-24(22,23)21-14-12-20(13-15-21)17-18-10-9-11-19-17/h8-11,16H,2-5,12-15H2,1H3/b16-8+. The number of unbranched alkanes of at least 4 members (excludes halogenated alkanes) is 3. The highest BCUT2D eigenvalue weighted by Gasteiger charge is 2.25. The quantitative estimate of drug-likeness (QED) is 0.581. The number of anilines is 1. The second-order valence-corrected chi connectivity index (χ2v) is 7.38. The second kappa shape index (κ2) is 9.40. The number of sulfonamides is 1. The van der Waals surface area contributed by atoms with Crippen LogP contribution in [0, 0.1) is 11.8 Å². The van der Waals surface area contributed by atoms with Crippen molar-refractivity contribution in [2.75, 3.05) is 31.1 Å². The topological polar surface area (TPSA) is 66.4 Å². The molecule has 0 unspecified atom stereocenters. The van der Waals surface area contributed by atoms with Crippen LogP contribution in [0.15, 0.2) is 29.9 Å². The summed E-state index contributed by atoms with van der Waals surface area (Å²) in [5.74, 6) is 6.43. The summed E-state index contributed by atoms with van der Waals surface area (Å²) in [6.45, 7) is 4.16. The monoisotopic (exact) mass is 348 g/mol. The van der Waals surface area contributed by atoms with Gasteiger partial charge in [0, 0.05) is 51.1 Å². The largest absolute Gasteiger partial charge is 0.338 e. The third kappa shape index (κ3) is 5.62. The summed E-state index contributed by atoms with van der Waals surface area (Å²) >= 11 is 0. The lowest BCUT2D eigenvalue weighted by molar-refractivity contribution is 0.387. The van der Waals surface area contributed by atoms with Gasteiger partial charge in [-0.3, -0.25) is 0 Å². The Kier molecular flexibility index (Phi) is 7.22. The fourth-order valence-electron chi connectivity index (χ4n) is 2.40. The minimum Gasteiger partial charge on any atom is -0.338 e. The van der Waals surface area contributed by atoms with Gasteiger partial charge in [0.1, 0.15) is 0 Å². The van der Waals surface area contributed by atoms with Crippen LogP contribution in [0.25, 0.3) is 0 Å². The Morgan fingerprint density at radius 2 is 1.88 bits per heavy atom. The van der Waals surface area contributed by atoms with E-state index in [0.29, 0.717) is 32.1 Å². The van der Waals surface area contributed by atoms with Crippen LogP contribution >= 0.6 is 0 Å². The van der Waals surface area contributed by atoms with Gasteiger partial charge < -0.3 is 4.90 Å². The molecule has 130 valence electrons. The van der Waals surface area contributed by atoms with Crippen molar-refractivity contribution in [3.8, 4) is 11.8 Å². The van der Waals surface area contributed by atoms with Crippen molar-refractivity contribution >= 4 is 16.0 Å². The fraction of sp³-hybridized carbons (Fsp3) is 0.529. The lowest BCUT2D eigenvalue weighted by Crippen LogP contribution is -2.48. The van der Waals surface area contributed by atoms with E-state index in [1.165, 1.54) is 15.8 Å². The predicted octanol–water partition coefficient (Wildman–Crippen LogP) is 2.03. The van der Waals surface area contributed by atoms with Crippen molar-refractivity contribution in [2.45, 2.75) is 32.6 Å². The summed E-state index contributed by atoms with van der Waals surface area (Å²) in [4.78, 5) is 10.4. The van der Waals surface area contributed by atoms with Crippen LogP contribution in [0.5, 0.6) is 0 Å². The van der Waals surface area contributed by atoms with Crippen LogP contribution in [0.4, 0.5) is 5.95 Å². The number of hydrogen-bond acceptors (Lipinski definition) is 5. The maximum absolute atomic E-state index is 12.3. The Morgan fingerprint density at radius 1 is 1.17 bits per heavy atom. The highest BCUT2D eigenvalue weighted by molar-refractivity contribution is 7.92. The third-order valence-corrected chi connectivity index (χ3v) is 5.33. The molecule has 2 rings (SSSR count). The van der Waals surface area contributed by atoms with Gasteiger partial charge in [-0.15, -0.1) is 0 Å². The minimum atomic E-state index is -3.40. The van der Waals surface area contributed by atoms with E-state index in [4.69, 9.17) is 0 Å². The molecule has 0 saturated carbocycles. The van der Waals surface area contributed by atoms with Gasteiger partial charge in [0.05, 0.1) is 5.41 Å². The Balaban J connectivity index is 1.83. The van der Waals surface area contributed by atoms with Crippen LogP contribution in [0.2, 0.25) is 0 Å². The molecule has 6 nitrogen and oxygen atoms in total. The molecule has 0 aromatic carbocycles. The van der Waals surface area contributed by atoms with E-state index in [9.17, 15) is 8.42 Å². The minimum absolute atomic E-state index is 0.425. The van der Waals surface area contributed by atoms with E-state index in [2.05, 4.69) is 28.7 Å². The van der Waals surface area contributed by atoms with Crippen LogP contribution in [0.3, 0.4) is 0 Å². The molecule has 0 aliphatic carbocycles. The van der Waals surface area contributed by atoms with Crippen LogP contribution in [0.1, 0.15) is 32.6 Å². The first-order chi connectivity index (χ1) is 11.6. The molecule has 0 bridgehead atoms. The number of allylic oxidation sites excluding steroid dienone is 1. The average molecular weight is 348 g/mol. The smallest absolute Gasteiger partial charge is 0.236 e. The van der Waals surface area contributed by atoms with E-state index < -0.39 is 10.0 Å². The Labute approximate surface area is 144 Å². The number of rotatable bonds is 6. The van der Waals surface area contributed by atoms with E-state index in [0.717, 1.165) is 25.7 Å². The maximum atomic E-state index is 12.3. The lowest BCUT2D eigenvalue weighted by Gasteiger charge is -2.33. The van der Waals surface area contributed by atoms with Crippen molar-refractivity contribution in [1.82, 2.24) is 14.3 Å². The van der Waals surface area contributed by atoms with Gasteiger partial charge in [0.2, 0.25) is 16.0 Å². The summed E-state index contributed by atoms with van der Waals surface area (Å²) in [6.07, 6.45) is 9.01. The number of nitrogens with zero attached hydrogens (tertiary/aromatic N) is 4. The van der Waals surface area contributed by atoms with Crippen LogP contribution in [-0.2, 0) is 10.0 Å². The van der Waals surface area contributed by atoms with Crippen molar-refractivity contribution < 1.29 is 8.42 Å². The molecule has 1 saturated heterocycles. The van der Waals surface area contributed by atoms with E-state index in [1.54, 1.807) is 18.5 Å². The van der Waals surface area contributed by atoms with Crippen molar-refractivity contribution in [2.24, 2.45) is 0 Å². The Morgan fingerprint density at radius 3 is 2.54 bits per heavy atom. The van der Waals surface area contributed by atoms with Gasteiger partial charge in [0.25, 0.3) is 0 Å². The third-order valence-electron chi connectivity index (χ3n) is 3.76. The first kappa shape index (κ1) is 18.4. The molecule has 0 N–H and O–H groups in total. The molecule has 1 fully saturated rings. The molecule has 0 spiro atoms. The number of piperazine rings is 1. The molecule has 1 aliphatic rings. The molecular weight excluding hydrogens is 324 g/mol. The van der Waals surface area contributed by atoms with E-state index >= 15 is 0 Å². The average Bonchev–Trinajstić information content (AvgIpc) is 2.62. The molecule has 7 heteroatoms. The predicted molar refractivity (Wildman–Crippen MR) is 95.8 cm³/mol. The Bertz CT molecular complexity index is 684. The molecule has 1 aliphatic heterocycles. The zero-order chi connectivity index (χ0) is 17.3. The van der Waals surface area contributed by atoms with Crippen LogP contribution < -0.4 is 4.90 Å². The van der Waals surface area contributed by atoms with Gasteiger partial charge in [-0.2, -0.15) is 4.31 Å². The summed E-state index contributed by atoms with van der Waals surface area (Å²) in [6, 6.07) is 1.76. The molecule has 0 radical (unpaired) electrons. The molecule has 1 aromatic heterocycles. The molecular formula is C17H24N4O2S. The summed E-state index contributed by atoms with van der Waals surface area (Å²) in [7, 11) is -3.40. The molecule has 24 heavy (non-hydrogen) atoms. The summed E-state index contributed by atoms with van der Waals surface area (Å²) < 4.78 is 26.0. The second-order valence-electron chi connectivity index (χ2n) is 5.56. The van der Waals surface area contributed by atoms with Crippen molar-refractivity contribution in [1.29, 1.82) is 0 Å². The summed E-state index contributed by atoms with van der Waals surface area (Å²) in [5, 5.41) is 1.20. The SMILES string of the molecule is CCCCCC#C/C=C/S(=O)(=O)N1CCN(c2ncccn2)CC1. The van der Waals surface area contributed by atoms with Crippen LogP contribution in [-0.4, -0.2) is 48.9 Å². The zero-order valence-electron chi connectivity index (χ0n) is 14.1. The van der Waals surface area contributed by atoms with Gasteiger partial charge in [0.15, 0.2) is 0 Å². The first-order valence-electron chi connectivity index (χ1n) is 8.30. The lowest BCUT2D eigenvalue weighted by atomic mass is 10.2. The highest BCUT2D eigenvalue weighted by atomic mass is 32.2. The fourth-order valence-corrected chi connectivity index (χ4v) is 3.48. The van der Waals surface area contributed by atoms with Gasteiger partial charge in [-0.25, -0.2) is 18.4 Å². The molecule has 2 heterocycles. The number of aromatic nitrogens is 2. The zero-order valence-corrected chi connectivity index (χ0v) is 14.9. The molecule has 0 amide bonds. The molecule has 1 aromatic rings. The van der Waals surface area contributed by atoms with Gasteiger partial charge >= 0.3 is 0 Å². The number of hydrogen-bond donors (Lipinski definition) is 0. The Hall–Kier alpha value is -1.91. The van der Waals surface area contributed by atoms with Gasteiger partial charge in [-0.1, -0.05) is 31.6 Å². The normalized spacial score (nSPS) is 16.1. The first-order valence-corrected chi connectivity index (χ1v) is 9.81. The van der Waals surface area contributed by atoms with E-state index in [-0.39, 0.29) is 0 Å². The van der Waals surface area contributed by atoms with Crippen molar-refractivity contribution in [3.63, 3.8) is 0 Å². The highest BCUT2D eigenvalue weighted by Crippen LogP contribution is 2.13. The van der Waals surface area contributed by atoms with Crippen molar-refractivity contribution in [3.05, 3.63) is 29.9 Å².